The Morgan fingerprint density at radius 3 is 2.45 bits per heavy atom. The monoisotopic (exact) mass is 422 g/mol. The summed E-state index contributed by atoms with van der Waals surface area (Å²) in [7, 11) is 1.47. The molecule has 2 fully saturated rings. The quantitative estimate of drug-likeness (QED) is 0.566. The number of amides is 2. The van der Waals surface area contributed by atoms with Crippen LogP contribution in [0.2, 0.25) is 0 Å². The Labute approximate surface area is 181 Å². The number of ether oxygens (including phenoxy) is 1. The molecule has 2 aromatic carbocycles. The molecule has 4 atom stereocenters. The minimum atomic E-state index is -1.40. The zero-order valence-corrected chi connectivity index (χ0v) is 17.8. The summed E-state index contributed by atoms with van der Waals surface area (Å²) < 4.78 is 5.43. The standard InChI is InChI=1S/C24H26N2O5/c1-4-31-23(30)24(13-15-9-11-16(27)12-10-15)19-18(21(28)26(3)22(19)29)20(25-24)17-8-6-5-7-14(17)2/h5-12,18-20,25,27H,4,13H2,1-3H3/t18-,19-,20-,24-/m1/s1. The third-order valence-electron chi connectivity index (χ3n) is 6.46. The molecule has 2 aliphatic heterocycles. The summed E-state index contributed by atoms with van der Waals surface area (Å²) >= 11 is 0. The van der Waals surface area contributed by atoms with Gasteiger partial charge in [0.2, 0.25) is 11.8 Å². The number of hydrogen-bond acceptors (Lipinski definition) is 6. The molecule has 2 aromatic rings. The summed E-state index contributed by atoms with van der Waals surface area (Å²) in [5, 5.41) is 13.0. The smallest absolute Gasteiger partial charge is 0.327 e. The van der Waals surface area contributed by atoms with E-state index < -0.39 is 29.4 Å². The van der Waals surface area contributed by atoms with Crippen LogP contribution in [0.5, 0.6) is 5.75 Å². The van der Waals surface area contributed by atoms with Gasteiger partial charge in [-0.1, -0.05) is 36.4 Å². The van der Waals surface area contributed by atoms with Gasteiger partial charge >= 0.3 is 5.97 Å². The number of nitrogens with zero attached hydrogens (tertiary/aromatic N) is 1. The highest BCUT2D eigenvalue weighted by molar-refractivity contribution is 6.09. The number of likely N-dealkylation sites (tertiary alicyclic amines) is 1. The van der Waals surface area contributed by atoms with E-state index in [9.17, 15) is 19.5 Å². The van der Waals surface area contributed by atoms with Crippen LogP contribution in [-0.2, 0) is 25.5 Å². The number of carbonyl (C=O) groups is 3. The van der Waals surface area contributed by atoms with Crippen molar-refractivity contribution in [2.75, 3.05) is 13.7 Å². The number of hydrogen-bond donors (Lipinski definition) is 2. The number of imide groups is 1. The van der Waals surface area contributed by atoms with Gasteiger partial charge in [0.1, 0.15) is 11.3 Å². The molecule has 0 radical (unpaired) electrons. The van der Waals surface area contributed by atoms with Crippen molar-refractivity contribution in [2.24, 2.45) is 11.8 Å². The third-order valence-corrected chi connectivity index (χ3v) is 6.46. The van der Waals surface area contributed by atoms with Gasteiger partial charge in [0.25, 0.3) is 0 Å². The molecule has 4 rings (SSSR count). The number of aryl methyl sites for hydroxylation is 1. The molecule has 0 unspecified atom stereocenters. The fourth-order valence-electron chi connectivity index (χ4n) is 4.97. The van der Waals surface area contributed by atoms with Gasteiger partial charge in [-0.3, -0.25) is 24.6 Å². The normalized spacial score (nSPS) is 27.5. The topological polar surface area (TPSA) is 95.9 Å². The number of phenols is 1. The average Bonchev–Trinajstić information content (AvgIpc) is 3.20. The Bertz CT molecular complexity index is 1030. The van der Waals surface area contributed by atoms with Crippen molar-refractivity contribution in [1.29, 1.82) is 0 Å². The van der Waals surface area contributed by atoms with Gasteiger partial charge in [0.15, 0.2) is 0 Å². The van der Waals surface area contributed by atoms with Gasteiger partial charge in [0, 0.05) is 19.5 Å². The lowest BCUT2D eigenvalue weighted by Gasteiger charge is -2.33. The van der Waals surface area contributed by atoms with Crippen molar-refractivity contribution in [3.63, 3.8) is 0 Å². The van der Waals surface area contributed by atoms with E-state index in [0.717, 1.165) is 21.6 Å². The maximum atomic E-state index is 13.4. The number of aromatic hydroxyl groups is 1. The number of rotatable bonds is 5. The van der Waals surface area contributed by atoms with E-state index in [-0.39, 0.29) is 30.6 Å². The highest BCUT2D eigenvalue weighted by atomic mass is 16.5. The fourth-order valence-corrected chi connectivity index (χ4v) is 4.97. The Hall–Kier alpha value is -3.19. The molecule has 2 heterocycles. The maximum absolute atomic E-state index is 13.4. The van der Waals surface area contributed by atoms with Gasteiger partial charge in [-0.05, 0) is 42.7 Å². The Morgan fingerprint density at radius 1 is 1.13 bits per heavy atom. The second-order valence-electron chi connectivity index (χ2n) is 8.25. The molecule has 162 valence electrons. The zero-order valence-electron chi connectivity index (χ0n) is 17.8. The summed E-state index contributed by atoms with van der Waals surface area (Å²) in [4.78, 5) is 40.9. The SMILES string of the molecule is CCOC(=O)[C@]1(Cc2ccc(O)cc2)N[C@H](c2ccccc2C)[C@@H]2C(=O)N(C)C(=O)[C@@H]21. The molecule has 7 nitrogen and oxygen atoms in total. The first kappa shape index (κ1) is 21.1. The molecule has 0 aromatic heterocycles. The van der Waals surface area contributed by atoms with Crippen LogP contribution in [0, 0.1) is 18.8 Å². The molecule has 0 saturated carbocycles. The molecule has 0 bridgehead atoms. The molecule has 0 spiro atoms. The van der Waals surface area contributed by atoms with Gasteiger partial charge in [-0.15, -0.1) is 0 Å². The van der Waals surface area contributed by atoms with Crippen LogP contribution in [0.3, 0.4) is 0 Å². The van der Waals surface area contributed by atoms with Crippen LogP contribution >= 0.6 is 0 Å². The number of carbonyl (C=O) groups excluding carboxylic acids is 3. The van der Waals surface area contributed by atoms with E-state index in [1.807, 2.05) is 31.2 Å². The second-order valence-corrected chi connectivity index (χ2v) is 8.25. The first-order valence-corrected chi connectivity index (χ1v) is 10.4. The third kappa shape index (κ3) is 3.29. The molecule has 2 amide bonds. The lowest BCUT2D eigenvalue weighted by Crippen LogP contribution is -2.57. The minimum absolute atomic E-state index is 0.107. The average molecular weight is 422 g/mol. The van der Waals surface area contributed by atoms with Crippen molar-refractivity contribution in [3.05, 3.63) is 65.2 Å². The molecule has 7 heteroatoms. The minimum Gasteiger partial charge on any atom is -0.508 e. The van der Waals surface area contributed by atoms with E-state index >= 15 is 0 Å². The molecule has 2 N–H and O–H groups in total. The summed E-state index contributed by atoms with van der Waals surface area (Å²) in [6, 6.07) is 13.6. The Kier molecular flexibility index (Phi) is 5.31. The van der Waals surface area contributed by atoms with Gasteiger partial charge in [0.05, 0.1) is 18.4 Å². The van der Waals surface area contributed by atoms with Crippen LogP contribution in [0.4, 0.5) is 0 Å². The van der Waals surface area contributed by atoms with E-state index in [2.05, 4.69) is 5.32 Å². The molecular weight excluding hydrogens is 396 g/mol. The molecule has 0 aliphatic carbocycles. The van der Waals surface area contributed by atoms with E-state index in [1.165, 1.54) is 19.2 Å². The van der Waals surface area contributed by atoms with Crippen LogP contribution in [-0.4, -0.2) is 47.0 Å². The van der Waals surface area contributed by atoms with E-state index in [4.69, 9.17) is 4.74 Å². The van der Waals surface area contributed by atoms with Crippen LogP contribution in [0.25, 0.3) is 0 Å². The fraction of sp³-hybridized carbons (Fsp3) is 0.375. The number of nitrogens with one attached hydrogen (secondary N) is 1. The van der Waals surface area contributed by atoms with E-state index in [1.54, 1.807) is 19.1 Å². The Balaban J connectivity index is 1.87. The van der Waals surface area contributed by atoms with Gasteiger partial charge < -0.3 is 9.84 Å². The molecule has 2 aliphatic rings. The molecule has 2 saturated heterocycles. The zero-order chi connectivity index (χ0) is 22.3. The predicted molar refractivity (Wildman–Crippen MR) is 113 cm³/mol. The highest BCUT2D eigenvalue weighted by Gasteiger charge is 2.68. The maximum Gasteiger partial charge on any atom is 0.327 e. The largest absolute Gasteiger partial charge is 0.508 e. The lowest BCUT2D eigenvalue weighted by atomic mass is 9.76. The van der Waals surface area contributed by atoms with Gasteiger partial charge in [-0.25, -0.2) is 0 Å². The summed E-state index contributed by atoms with van der Waals surface area (Å²) in [6.07, 6.45) is 0.155. The lowest BCUT2D eigenvalue weighted by molar-refractivity contribution is -0.156. The molecular formula is C24H26N2O5. The van der Waals surface area contributed by atoms with Gasteiger partial charge in [-0.2, -0.15) is 0 Å². The highest BCUT2D eigenvalue weighted by Crippen LogP contribution is 2.50. The number of benzene rings is 2. The number of phenolic OH excluding ortho intramolecular Hbond substituents is 1. The first-order chi connectivity index (χ1) is 14.8. The second kappa shape index (κ2) is 7.81. The van der Waals surface area contributed by atoms with Crippen molar-refractivity contribution in [1.82, 2.24) is 10.2 Å². The first-order valence-electron chi connectivity index (χ1n) is 10.4. The van der Waals surface area contributed by atoms with Crippen molar-refractivity contribution < 1.29 is 24.2 Å². The summed E-state index contributed by atoms with van der Waals surface area (Å²) in [6.45, 7) is 3.81. The summed E-state index contributed by atoms with van der Waals surface area (Å²) in [5.41, 5.74) is 1.20. The van der Waals surface area contributed by atoms with Crippen LogP contribution in [0.15, 0.2) is 48.5 Å². The van der Waals surface area contributed by atoms with Crippen molar-refractivity contribution in [2.45, 2.75) is 31.8 Å². The van der Waals surface area contributed by atoms with Crippen LogP contribution < -0.4 is 5.32 Å². The Morgan fingerprint density at radius 2 is 1.81 bits per heavy atom. The van der Waals surface area contributed by atoms with Crippen molar-refractivity contribution in [3.8, 4) is 5.75 Å². The number of fused-ring (bicyclic) bond motifs is 1. The van der Waals surface area contributed by atoms with E-state index in [0.29, 0.717) is 0 Å². The van der Waals surface area contributed by atoms with Crippen LogP contribution in [0.1, 0.15) is 29.7 Å². The molecule has 31 heavy (non-hydrogen) atoms. The van der Waals surface area contributed by atoms with Crippen molar-refractivity contribution >= 4 is 17.8 Å². The predicted octanol–water partition coefficient (Wildman–Crippen LogP) is 2.12. The number of esters is 1. The summed E-state index contributed by atoms with van der Waals surface area (Å²) in [5.74, 6) is -2.72.